The van der Waals surface area contributed by atoms with Crippen molar-refractivity contribution in [3.05, 3.63) is 72.1 Å². The summed E-state index contributed by atoms with van der Waals surface area (Å²) in [7, 11) is 0. The van der Waals surface area contributed by atoms with Crippen molar-refractivity contribution in [2.24, 2.45) is 0 Å². The fraction of sp³-hybridized carbons (Fsp3) is 0. The van der Waals surface area contributed by atoms with Crippen molar-refractivity contribution in [3.8, 4) is 5.75 Å². The van der Waals surface area contributed by atoms with Crippen molar-refractivity contribution in [1.82, 2.24) is 0 Å². The zero-order chi connectivity index (χ0) is 14.8. The fourth-order valence-electron chi connectivity index (χ4n) is 1.50. The van der Waals surface area contributed by atoms with E-state index >= 15 is 0 Å². The molecular formula is C16H13O2W2-. The first-order valence-electron chi connectivity index (χ1n) is 5.75. The molecule has 0 atom stereocenters. The van der Waals surface area contributed by atoms with Gasteiger partial charge < -0.3 is 0 Å². The Labute approximate surface area is 141 Å². The number of carbonyl (C=O) groups is 1. The second-order valence-corrected chi connectivity index (χ2v) is 4.45. The molecule has 0 spiro atoms. The van der Waals surface area contributed by atoms with Crippen LogP contribution in [0.15, 0.2) is 60.7 Å². The van der Waals surface area contributed by atoms with Crippen LogP contribution in [0.4, 0.5) is 0 Å². The van der Waals surface area contributed by atoms with Gasteiger partial charge in [-0.05, 0) is 0 Å². The molecule has 0 radical (unpaired) electrons. The molecule has 20 heavy (non-hydrogen) atoms. The van der Waals surface area contributed by atoms with E-state index in [1.54, 1.807) is 12.1 Å². The first-order valence-corrected chi connectivity index (χ1v) is 9.51. The van der Waals surface area contributed by atoms with E-state index in [-0.39, 0.29) is 5.97 Å². The molecule has 4 heteroatoms. The number of hydrogen-bond acceptors (Lipinski definition) is 2. The number of para-hydroxylation sites is 1. The third kappa shape index (κ3) is 5.11. The Morgan fingerprint density at radius 2 is 1.50 bits per heavy atom. The van der Waals surface area contributed by atoms with Crippen molar-refractivity contribution in [2.75, 3.05) is 0 Å². The molecule has 0 saturated heterocycles. The van der Waals surface area contributed by atoms with Crippen LogP contribution in [0, 0.1) is 5.92 Å². The van der Waals surface area contributed by atoms with Gasteiger partial charge in [-0.2, -0.15) is 0 Å². The second-order valence-electron chi connectivity index (χ2n) is 3.60. The molecule has 2 nitrogen and oxygen atoms in total. The minimum atomic E-state index is -0.317. The van der Waals surface area contributed by atoms with Crippen molar-refractivity contribution in [2.45, 2.75) is 0 Å². The van der Waals surface area contributed by atoms with E-state index in [0.29, 0.717) is 11.7 Å². The Morgan fingerprint density at radius 3 is 2.00 bits per heavy atom. The van der Waals surface area contributed by atoms with Crippen LogP contribution < -0.4 is 4.74 Å². The molecule has 0 aromatic heterocycles. The normalized spacial score (nSPS) is 8.80. The monoisotopic (exact) mass is 605 g/mol. The number of hydrogen-bond donors (Lipinski definition) is 0. The molecule has 0 heterocycles. The van der Waals surface area contributed by atoms with Crippen LogP contribution in [-0.2, 0) is 43.5 Å². The predicted molar refractivity (Wildman–Crippen MR) is 74.0 cm³/mol. The van der Waals surface area contributed by atoms with E-state index in [4.69, 9.17) is 4.74 Å². The summed E-state index contributed by atoms with van der Waals surface area (Å²) in [5, 5.41) is 0. The predicted octanol–water partition coefficient (Wildman–Crippen LogP) is 2.53. The second kappa shape index (κ2) is 9.75. The minimum absolute atomic E-state index is 0.317. The van der Waals surface area contributed by atoms with Gasteiger partial charge in [0, 0.05) is 0 Å². The molecule has 0 aliphatic carbocycles. The fourth-order valence-corrected chi connectivity index (χ4v) is 2.34. The van der Waals surface area contributed by atoms with Gasteiger partial charge in [-0.3, -0.25) is 0 Å². The number of ether oxygens (including phenoxy) is 1. The summed E-state index contributed by atoms with van der Waals surface area (Å²) in [6.07, 6.45) is 0. The number of rotatable bonds is 4. The number of benzene rings is 2. The molecule has 0 bridgehead atoms. The van der Waals surface area contributed by atoms with Gasteiger partial charge in [0.2, 0.25) is 0 Å². The Hall–Kier alpha value is -1.10. The van der Waals surface area contributed by atoms with Crippen LogP contribution in [-0.4, -0.2) is 15.3 Å². The maximum absolute atomic E-state index is 12.1. The van der Waals surface area contributed by atoms with Crippen LogP contribution in [0.3, 0.4) is 0 Å². The van der Waals surface area contributed by atoms with Crippen LogP contribution in [0.25, 0.3) is 0 Å². The third-order valence-corrected chi connectivity index (χ3v) is 3.22. The van der Waals surface area contributed by atoms with E-state index < -0.39 is 0 Å². The van der Waals surface area contributed by atoms with Gasteiger partial charge >= 0.3 is 141 Å². The van der Waals surface area contributed by atoms with E-state index in [1.807, 2.05) is 52.9 Å². The summed E-state index contributed by atoms with van der Waals surface area (Å²) in [6, 6.07) is 18.6. The van der Waals surface area contributed by atoms with E-state index in [1.165, 1.54) is 38.7 Å². The van der Waals surface area contributed by atoms with E-state index in [2.05, 4.69) is 4.90 Å². The van der Waals surface area contributed by atoms with Gasteiger partial charge in [0.1, 0.15) is 0 Å². The summed E-state index contributed by atoms with van der Waals surface area (Å²) in [4.78, 5) is 15.4. The molecule has 102 valence electrons. The number of esters is 1. The van der Waals surface area contributed by atoms with Gasteiger partial charge in [-0.15, -0.1) is 0 Å². The molecule has 0 aliphatic rings. The van der Waals surface area contributed by atoms with Gasteiger partial charge in [0.15, 0.2) is 0 Å². The average Bonchev–Trinajstić information content (AvgIpc) is 2.52. The molecular weight excluding hydrogens is 592 g/mol. The Morgan fingerprint density at radius 1 is 1.00 bits per heavy atom. The molecule has 2 rings (SSSR count). The summed E-state index contributed by atoms with van der Waals surface area (Å²) in [6.45, 7) is 0. The Balaban J connectivity index is 0.000000956. The zero-order valence-corrected chi connectivity index (χ0v) is 16.6. The Kier molecular flexibility index (Phi) is 8.26. The van der Waals surface area contributed by atoms with Crippen LogP contribution in [0.2, 0.25) is 0 Å². The molecule has 0 N–H and O–H groups in total. The van der Waals surface area contributed by atoms with E-state index in [9.17, 15) is 4.79 Å². The van der Waals surface area contributed by atoms with Crippen LogP contribution in [0.5, 0.6) is 5.75 Å². The molecule has 2 aromatic rings. The van der Waals surface area contributed by atoms with Gasteiger partial charge in [-0.25, -0.2) is 0 Å². The number of carbonyl (C=O) groups excluding carboxylic acids is 1. The van der Waals surface area contributed by atoms with Gasteiger partial charge in [0.05, 0.1) is 0 Å². The summed E-state index contributed by atoms with van der Waals surface area (Å²) in [5.41, 5.74) is 0.883. The molecule has 0 saturated carbocycles. The first-order chi connectivity index (χ1) is 9.81. The van der Waals surface area contributed by atoms with Crippen molar-refractivity contribution >= 4 is 15.3 Å². The topological polar surface area (TPSA) is 26.3 Å². The maximum atomic E-state index is 12.1. The Bertz CT molecular complexity index is 541. The molecule has 0 aliphatic heterocycles. The molecule has 0 unspecified atom stereocenters. The molecule has 0 fully saturated rings. The molecule has 2 aromatic carbocycles. The van der Waals surface area contributed by atoms with E-state index in [0.717, 1.165) is 5.56 Å². The summed E-state index contributed by atoms with van der Waals surface area (Å²) >= 11 is 2.55. The molecule has 0 amide bonds. The zero-order valence-electron chi connectivity index (χ0n) is 10.7. The third-order valence-electron chi connectivity index (χ3n) is 2.38. The summed E-state index contributed by atoms with van der Waals surface area (Å²) in [5.74, 6) is 0.852. The van der Waals surface area contributed by atoms with Crippen LogP contribution >= 0.6 is 0 Å². The summed E-state index contributed by atoms with van der Waals surface area (Å²) < 4.78 is 7.18. The van der Waals surface area contributed by atoms with Gasteiger partial charge in [-0.1, -0.05) is 0 Å². The van der Waals surface area contributed by atoms with Crippen molar-refractivity contribution in [3.63, 3.8) is 0 Å². The van der Waals surface area contributed by atoms with Crippen LogP contribution in [0.1, 0.15) is 5.56 Å². The van der Waals surface area contributed by atoms with Gasteiger partial charge in [0.25, 0.3) is 0 Å². The van der Waals surface area contributed by atoms with Crippen molar-refractivity contribution < 1.29 is 48.2 Å². The quantitative estimate of drug-likeness (QED) is 0.305. The average molecular weight is 605 g/mol. The first kappa shape index (κ1) is 16.9. The standard InChI is InChI=1S/C15H11O2.CH2.2W/c1-12(13-8-4-2-5-9-13)15(16)17-14-10-6-3-7-11-14;;;/h1-11H;1H2;;/q-1;;;. The SMILES string of the molecule is O=C(Oc1ccccc1)[C-]([CH]=[W])c1ccccc1.[CH2]=[W]. The van der Waals surface area contributed by atoms with Crippen molar-refractivity contribution in [1.29, 1.82) is 0 Å².